The normalized spacial score (nSPS) is 21.0. The van der Waals surface area contributed by atoms with Gasteiger partial charge in [0.05, 0.1) is 5.57 Å². The summed E-state index contributed by atoms with van der Waals surface area (Å²) in [5, 5.41) is 0. The molecule has 1 unspecified atom stereocenters. The maximum absolute atomic E-state index is 12.3. The lowest BCUT2D eigenvalue weighted by atomic mass is 9.91. The van der Waals surface area contributed by atoms with Crippen LogP contribution in [0.4, 0.5) is 13.2 Å². The molecule has 0 saturated heterocycles. The molecule has 0 saturated carbocycles. The van der Waals surface area contributed by atoms with Gasteiger partial charge in [-0.15, -0.1) is 0 Å². The highest BCUT2D eigenvalue weighted by Gasteiger charge is 2.32. The molecule has 0 aliphatic heterocycles. The number of alkyl halides is 3. The van der Waals surface area contributed by atoms with Crippen molar-refractivity contribution in [1.29, 1.82) is 0 Å². The molecular formula is C13H19F3. The summed E-state index contributed by atoms with van der Waals surface area (Å²) in [6, 6.07) is 0. The fraction of sp³-hybridized carbons (Fsp3) is 0.692. The zero-order chi connectivity index (χ0) is 12.0. The molecule has 1 rings (SSSR count). The third-order valence-corrected chi connectivity index (χ3v) is 2.94. The Morgan fingerprint density at radius 3 is 2.50 bits per heavy atom. The average Bonchev–Trinajstić information content (AvgIpc) is 2.24. The van der Waals surface area contributed by atoms with E-state index >= 15 is 0 Å². The molecule has 92 valence electrons. The second kappa shape index (κ2) is 6.12. The van der Waals surface area contributed by atoms with Crippen molar-refractivity contribution in [3.8, 4) is 0 Å². The Balaban J connectivity index is 2.27. The quantitative estimate of drug-likeness (QED) is 0.584. The number of hydrogen-bond acceptors (Lipinski definition) is 0. The lowest BCUT2D eigenvalue weighted by Crippen LogP contribution is -2.13. The minimum atomic E-state index is -4.18. The van der Waals surface area contributed by atoms with Crippen LogP contribution in [0.1, 0.15) is 45.4 Å². The van der Waals surface area contributed by atoms with Crippen LogP contribution in [0.25, 0.3) is 0 Å². The lowest BCUT2D eigenvalue weighted by Gasteiger charge is -2.17. The molecule has 0 aromatic heterocycles. The Morgan fingerprint density at radius 2 is 2.00 bits per heavy atom. The Bertz CT molecular complexity index is 261. The minimum absolute atomic E-state index is 0.308. The highest BCUT2D eigenvalue weighted by atomic mass is 19.4. The Hall–Kier alpha value is -0.730. The van der Waals surface area contributed by atoms with E-state index in [1.165, 1.54) is 31.4 Å². The molecule has 1 aliphatic carbocycles. The number of unbranched alkanes of at least 4 members (excludes halogenated alkanes) is 3. The minimum Gasteiger partial charge on any atom is -0.166 e. The second-order valence-electron chi connectivity index (χ2n) is 4.36. The van der Waals surface area contributed by atoms with Gasteiger partial charge in [0.1, 0.15) is 0 Å². The summed E-state index contributed by atoms with van der Waals surface area (Å²) in [5.74, 6) is 0.308. The summed E-state index contributed by atoms with van der Waals surface area (Å²) >= 11 is 0. The summed E-state index contributed by atoms with van der Waals surface area (Å²) in [7, 11) is 0. The molecule has 0 nitrogen and oxygen atoms in total. The summed E-state index contributed by atoms with van der Waals surface area (Å²) in [5.41, 5.74) is -0.489. The predicted octanol–water partition coefficient (Wildman–Crippen LogP) is 5.02. The summed E-state index contributed by atoms with van der Waals surface area (Å²) in [6.45, 7) is 2.15. The molecule has 0 radical (unpaired) electrons. The van der Waals surface area contributed by atoms with Crippen LogP contribution in [-0.4, -0.2) is 6.18 Å². The van der Waals surface area contributed by atoms with E-state index in [9.17, 15) is 13.2 Å². The maximum atomic E-state index is 12.3. The van der Waals surface area contributed by atoms with Gasteiger partial charge in [-0.3, -0.25) is 0 Å². The van der Waals surface area contributed by atoms with Crippen molar-refractivity contribution in [1.82, 2.24) is 0 Å². The third kappa shape index (κ3) is 4.42. The Labute approximate surface area is 95.2 Å². The molecule has 0 heterocycles. The molecule has 0 aromatic carbocycles. The van der Waals surface area contributed by atoms with Crippen molar-refractivity contribution in [2.75, 3.05) is 0 Å². The van der Waals surface area contributed by atoms with Gasteiger partial charge in [-0.1, -0.05) is 50.8 Å². The number of allylic oxidation sites excluding steroid dienone is 4. The molecule has 0 amide bonds. The van der Waals surface area contributed by atoms with Crippen LogP contribution in [0.3, 0.4) is 0 Å². The van der Waals surface area contributed by atoms with Crippen LogP contribution in [-0.2, 0) is 0 Å². The number of rotatable bonds is 5. The first-order valence-corrected chi connectivity index (χ1v) is 5.99. The van der Waals surface area contributed by atoms with E-state index in [0.29, 0.717) is 12.3 Å². The van der Waals surface area contributed by atoms with Gasteiger partial charge in [0.2, 0.25) is 0 Å². The van der Waals surface area contributed by atoms with Gasteiger partial charge in [-0.05, 0) is 18.8 Å². The van der Waals surface area contributed by atoms with E-state index in [4.69, 9.17) is 0 Å². The first kappa shape index (κ1) is 13.3. The molecule has 0 spiro atoms. The molecule has 16 heavy (non-hydrogen) atoms. The smallest absolute Gasteiger partial charge is 0.166 e. The second-order valence-corrected chi connectivity index (χ2v) is 4.36. The standard InChI is InChI=1S/C13H19F3/c1-2-3-4-5-6-11-7-9-12(10-8-11)13(14,15)16/h7,9-11H,2-6,8H2,1H3. The van der Waals surface area contributed by atoms with Gasteiger partial charge in [-0.2, -0.15) is 13.2 Å². The van der Waals surface area contributed by atoms with Crippen LogP contribution in [0.5, 0.6) is 0 Å². The molecule has 0 N–H and O–H groups in total. The molecule has 0 aromatic rings. The number of hydrogen-bond donors (Lipinski definition) is 0. The topological polar surface area (TPSA) is 0 Å². The first-order valence-electron chi connectivity index (χ1n) is 5.99. The summed E-state index contributed by atoms with van der Waals surface area (Å²) < 4.78 is 36.9. The van der Waals surface area contributed by atoms with E-state index in [-0.39, 0.29) is 0 Å². The molecule has 0 bridgehead atoms. The summed E-state index contributed by atoms with van der Waals surface area (Å²) in [6.07, 6.45) is 6.37. The molecule has 1 aliphatic rings. The molecule has 1 atom stereocenters. The SMILES string of the molecule is CCCCCCC1C=CC(C(F)(F)F)=CC1. The van der Waals surface area contributed by atoms with Crippen LogP contribution < -0.4 is 0 Å². The van der Waals surface area contributed by atoms with Gasteiger partial charge in [0.25, 0.3) is 0 Å². The first-order chi connectivity index (χ1) is 7.54. The summed E-state index contributed by atoms with van der Waals surface area (Å²) in [4.78, 5) is 0. The molecular weight excluding hydrogens is 213 g/mol. The average molecular weight is 232 g/mol. The van der Waals surface area contributed by atoms with Gasteiger partial charge in [0, 0.05) is 0 Å². The largest absolute Gasteiger partial charge is 0.416 e. The monoisotopic (exact) mass is 232 g/mol. The fourth-order valence-electron chi connectivity index (χ4n) is 1.92. The van der Waals surface area contributed by atoms with Crippen molar-refractivity contribution >= 4 is 0 Å². The van der Waals surface area contributed by atoms with E-state index in [1.54, 1.807) is 6.08 Å². The maximum Gasteiger partial charge on any atom is 0.416 e. The Kier molecular flexibility index (Phi) is 5.10. The van der Waals surface area contributed by atoms with Gasteiger partial charge in [0.15, 0.2) is 0 Å². The van der Waals surface area contributed by atoms with Crippen LogP contribution in [0.15, 0.2) is 23.8 Å². The predicted molar refractivity (Wildman–Crippen MR) is 60.1 cm³/mol. The number of halogens is 3. The van der Waals surface area contributed by atoms with E-state index in [1.807, 2.05) is 0 Å². The van der Waals surface area contributed by atoms with Crippen molar-refractivity contribution in [2.45, 2.75) is 51.6 Å². The van der Waals surface area contributed by atoms with Crippen molar-refractivity contribution in [2.24, 2.45) is 5.92 Å². The highest BCUT2D eigenvalue weighted by Crippen LogP contribution is 2.32. The van der Waals surface area contributed by atoms with Crippen LogP contribution >= 0.6 is 0 Å². The zero-order valence-corrected chi connectivity index (χ0v) is 9.69. The van der Waals surface area contributed by atoms with E-state index in [2.05, 4.69) is 6.92 Å². The molecule has 3 heteroatoms. The van der Waals surface area contributed by atoms with Crippen molar-refractivity contribution in [3.63, 3.8) is 0 Å². The molecule has 0 fully saturated rings. The van der Waals surface area contributed by atoms with Gasteiger partial charge < -0.3 is 0 Å². The Morgan fingerprint density at radius 1 is 1.25 bits per heavy atom. The van der Waals surface area contributed by atoms with Gasteiger partial charge >= 0.3 is 6.18 Å². The van der Waals surface area contributed by atoms with Crippen molar-refractivity contribution in [3.05, 3.63) is 23.8 Å². The zero-order valence-electron chi connectivity index (χ0n) is 9.69. The lowest BCUT2D eigenvalue weighted by molar-refractivity contribution is -0.0887. The van der Waals surface area contributed by atoms with Crippen LogP contribution in [0, 0.1) is 5.92 Å². The third-order valence-electron chi connectivity index (χ3n) is 2.94. The van der Waals surface area contributed by atoms with E-state index in [0.717, 1.165) is 12.8 Å². The highest BCUT2D eigenvalue weighted by molar-refractivity contribution is 5.27. The fourth-order valence-corrected chi connectivity index (χ4v) is 1.92. The van der Waals surface area contributed by atoms with Crippen LogP contribution in [0.2, 0.25) is 0 Å². The van der Waals surface area contributed by atoms with E-state index < -0.39 is 11.7 Å². The van der Waals surface area contributed by atoms with Crippen molar-refractivity contribution < 1.29 is 13.2 Å². The van der Waals surface area contributed by atoms with Gasteiger partial charge in [-0.25, -0.2) is 0 Å².